The smallest absolute Gasteiger partial charge is 0.132 e. The lowest BCUT2D eigenvalue weighted by atomic mass is 10.1. The summed E-state index contributed by atoms with van der Waals surface area (Å²) in [6.45, 7) is 4.06. The highest BCUT2D eigenvalue weighted by Gasteiger charge is 2.07. The van der Waals surface area contributed by atoms with Crippen LogP contribution in [-0.2, 0) is 0 Å². The van der Waals surface area contributed by atoms with Crippen LogP contribution in [0, 0.1) is 6.92 Å². The van der Waals surface area contributed by atoms with E-state index < -0.39 is 0 Å². The molecule has 2 aromatic rings. The first-order valence-electron chi connectivity index (χ1n) is 6.10. The number of nitrogens with two attached hydrogens (primary N) is 1. The summed E-state index contributed by atoms with van der Waals surface area (Å²) in [6, 6.07) is 12.4. The maximum Gasteiger partial charge on any atom is 0.132 e. The maximum absolute atomic E-state index is 5.89. The van der Waals surface area contributed by atoms with Gasteiger partial charge in [-0.1, -0.05) is 17.7 Å². The van der Waals surface area contributed by atoms with Crippen molar-refractivity contribution in [3.63, 3.8) is 0 Å². The molecule has 0 bridgehead atoms. The molecule has 0 aliphatic heterocycles. The quantitative estimate of drug-likeness (QED) is 0.897. The highest BCUT2D eigenvalue weighted by molar-refractivity contribution is 5.59. The Bertz CT molecular complexity index is 518. The van der Waals surface area contributed by atoms with E-state index in [4.69, 9.17) is 5.73 Å². The van der Waals surface area contributed by atoms with Crippen LogP contribution in [0.1, 0.15) is 24.1 Å². The number of nitrogens with zero attached hydrogens (tertiary/aromatic N) is 2. The number of benzene rings is 1. The molecule has 0 aliphatic rings. The molecule has 0 unspecified atom stereocenters. The summed E-state index contributed by atoms with van der Waals surface area (Å²) in [5, 5.41) is 0. The van der Waals surface area contributed by atoms with E-state index in [1.807, 2.05) is 26.1 Å². The van der Waals surface area contributed by atoms with Crippen LogP contribution >= 0.6 is 0 Å². The van der Waals surface area contributed by atoms with Crippen molar-refractivity contribution in [3.8, 4) is 0 Å². The van der Waals surface area contributed by atoms with Gasteiger partial charge in [0.25, 0.3) is 0 Å². The van der Waals surface area contributed by atoms with Crippen molar-refractivity contribution in [2.45, 2.75) is 19.9 Å². The van der Waals surface area contributed by atoms with Gasteiger partial charge in [-0.15, -0.1) is 0 Å². The van der Waals surface area contributed by atoms with E-state index >= 15 is 0 Å². The van der Waals surface area contributed by atoms with Crippen molar-refractivity contribution in [3.05, 3.63) is 53.7 Å². The summed E-state index contributed by atoms with van der Waals surface area (Å²) in [7, 11) is 2.01. The number of anilines is 2. The summed E-state index contributed by atoms with van der Waals surface area (Å²) in [4.78, 5) is 6.45. The first kappa shape index (κ1) is 12.6. The average molecular weight is 241 g/mol. The Morgan fingerprint density at radius 1 is 1.17 bits per heavy atom. The summed E-state index contributed by atoms with van der Waals surface area (Å²) in [5.74, 6) is 0.911. The Kier molecular flexibility index (Phi) is 3.63. The summed E-state index contributed by atoms with van der Waals surface area (Å²) in [5.41, 5.74) is 9.37. The molecule has 1 aromatic heterocycles. The van der Waals surface area contributed by atoms with Gasteiger partial charge in [0.1, 0.15) is 5.82 Å². The zero-order valence-corrected chi connectivity index (χ0v) is 11.1. The zero-order valence-electron chi connectivity index (χ0n) is 11.1. The third-order valence-electron chi connectivity index (χ3n) is 3.06. The standard InChI is InChI=1S/C15H19N3/c1-11-4-6-14(7-5-11)18(3)15-10-13(12(2)16)8-9-17-15/h4-10,12H,16H2,1-3H3/t12-/m0/s1. The maximum atomic E-state index is 5.89. The van der Waals surface area contributed by atoms with E-state index in [1.165, 1.54) is 5.56 Å². The molecule has 3 heteroatoms. The molecule has 1 heterocycles. The van der Waals surface area contributed by atoms with Gasteiger partial charge in [0.05, 0.1) is 0 Å². The van der Waals surface area contributed by atoms with Gasteiger partial charge in [0.15, 0.2) is 0 Å². The number of hydrogen-bond donors (Lipinski definition) is 1. The van der Waals surface area contributed by atoms with Crippen molar-refractivity contribution < 1.29 is 0 Å². The number of rotatable bonds is 3. The van der Waals surface area contributed by atoms with E-state index in [9.17, 15) is 0 Å². The molecule has 2 N–H and O–H groups in total. The topological polar surface area (TPSA) is 42.1 Å². The Morgan fingerprint density at radius 3 is 2.44 bits per heavy atom. The SMILES string of the molecule is Cc1ccc(N(C)c2cc([C@H](C)N)ccn2)cc1. The van der Waals surface area contributed by atoms with Gasteiger partial charge in [-0.2, -0.15) is 0 Å². The minimum absolute atomic E-state index is 0.0261. The molecular formula is C15H19N3. The molecule has 0 spiro atoms. The summed E-state index contributed by atoms with van der Waals surface area (Å²) in [6.07, 6.45) is 1.80. The first-order chi connectivity index (χ1) is 8.58. The molecule has 0 aliphatic carbocycles. The Hall–Kier alpha value is -1.87. The van der Waals surface area contributed by atoms with Gasteiger partial charge in [-0.3, -0.25) is 0 Å². The number of pyridine rings is 1. The summed E-state index contributed by atoms with van der Waals surface area (Å²) >= 11 is 0. The fraction of sp³-hybridized carbons (Fsp3) is 0.267. The van der Waals surface area contributed by atoms with Gasteiger partial charge in [0, 0.05) is 25.0 Å². The van der Waals surface area contributed by atoms with Crippen molar-refractivity contribution in [1.29, 1.82) is 0 Å². The van der Waals surface area contributed by atoms with Gasteiger partial charge < -0.3 is 10.6 Å². The second-order valence-corrected chi connectivity index (χ2v) is 4.63. The van der Waals surface area contributed by atoms with Gasteiger partial charge in [-0.25, -0.2) is 4.98 Å². The van der Waals surface area contributed by atoms with Crippen LogP contribution in [0.2, 0.25) is 0 Å². The lowest BCUT2D eigenvalue weighted by Crippen LogP contribution is -2.13. The van der Waals surface area contributed by atoms with Crippen LogP contribution in [0.5, 0.6) is 0 Å². The van der Waals surface area contributed by atoms with Crippen molar-refractivity contribution in [2.75, 3.05) is 11.9 Å². The second-order valence-electron chi connectivity index (χ2n) is 4.63. The van der Waals surface area contributed by atoms with E-state index in [1.54, 1.807) is 6.20 Å². The molecule has 18 heavy (non-hydrogen) atoms. The van der Waals surface area contributed by atoms with Crippen molar-refractivity contribution >= 4 is 11.5 Å². The van der Waals surface area contributed by atoms with E-state index in [0.29, 0.717) is 0 Å². The fourth-order valence-electron chi connectivity index (χ4n) is 1.80. The van der Waals surface area contributed by atoms with E-state index in [2.05, 4.69) is 41.1 Å². The van der Waals surface area contributed by atoms with Gasteiger partial charge in [0.2, 0.25) is 0 Å². The van der Waals surface area contributed by atoms with E-state index in [0.717, 1.165) is 17.1 Å². The molecule has 3 nitrogen and oxygen atoms in total. The van der Waals surface area contributed by atoms with Gasteiger partial charge in [-0.05, 0) is 43.7 Å². The minimum atomic E-state index is 0.0261. The van der Waals surface area contributed by atoms with Crippen LogP contribution in [0.3, 0.4) is 0 Å². The third kappa shape index (κ3) is 2.68. The molecule has 0 amide bonds. The molecule has 1 atom stereocenters. The second kappa shape index (κ2) is 5.19. The van der Waals surface area contributed by atoms with Crippen LogP contribution in [0.4, 0.5) is 11.5 Å². The number of aromatic nitrogens is 1. The highest BCUT2D eigenvalue weighted by atomic mass is 15.2. The lowest BCUT2D eigenvalue weighted by Gasteiger charge is -2.19. The van der Waals surface area contributed by atoms with E-state index in [-0.39, 0.29) is 6.04 Å². The molecule has 0 saturated heterocycles. The Morgan fingerprint density at radius 2 is 1.83 bits per heavy atom. The lowest BCUT2D eigenvalue weighted by molar-refractivity contribution is 0.814. The molecule has 0 radical (unpaired) electrons. The van der Waals surface area contributed by atoms with Crippen LogP contribution in [-0.4, -0.2) is 12.0 Å². The van der Waals surface area contributed by atoms with Gasteiger partial charge >= 0.3 is 0 Å². The number of hydrogen-bond acceptors (Lipinski definition) is 3. The Balaban J connectivity index is 2.30. The molecule has 94 valence electrons. The third-order valence-corrected chi connectivity index (χ3v) is 3.06. The normalized spacial score (nSPS) is 12.2. The van der Waals surface area contributed by atoms with Crippen LogP contribution in [0.25, 0.3) is 0 Å². The molecule has 1 aromatic carbocycles. The fourth-order valence-corrected chi connectivity index (χ4v) is 1.80. The molecule has 2 rings (SSSR count). The molecule has 0 saturated carbocycles. The Labute approximate surface area is 108 Å². The van der Waals surface area contributed by atoms with Crippen LogP contribution in [0.15, 0.2) is 42.6 Å². The highest BCUT2D eigenvalue weighted by Crippen LogP contribution is 2.23. The molecular weight excluding hydrogens is 222 g/mol. The average Bonchev–Trinajstić information content (AvgIpc) is 2.39. The van der Waals surface area contributed by atoms with Crippen molar-refractivity contribution in [1.82, 2.24) is 4.98 Å². The largest absolute Gasteiger partial charge is 0.329 e. The molecule has 0 fully saturated rings. The predicted molar refractivity (Wildman–Crippen MR) is 76.1 cm³/mol. The van der Waals surface area contributed by atoms with Crippen molar-refractivity contribution in [2.24, 2.45) is 5.73 Å². The number of aryl methyl sites for hydroxylation is 1. The minimum Gasteiger partial charge on any atom is -0.329 e. The summed E-state index contributed by atoms with van der Waals surface area (Å²) < 4.78 is 0. The first-order valence-corrected chi connectivity index (χ1v) is 6.10. The monoisotopic (exact) mass is 241 g/mol. The predicted octanol–water partition coefficient (Wildman–Crippen LogP) is 3.18. The van der Waals surface area contributed by atoms with Crippen LogP contribution < -0.4 is 10.6 Å². The zero-order chi connectivity index (χ0) is 13.1.